The average molecular weight is 174 g/mol. The fourth-order valence-electron chi connectivity index (χ4n) is 1.10. The summed E-state index contributed by atoms with van der Waals surface area (Å²) in [5.41, 5.74) is 2.06. The molecule has 0 aliphatic heterocycles. The predicted molar refractivity (Wildman–Crippen MR) is 48.6 cm³/mol. The first-order valence-corrected chi connectivity index (χ1v) is 4.08. The first kappa shape index (κ1) is 7.91. The Kier molecular flexibility index (Phi) is 1.81. The Hall–Kier alpha value is -1.71. The molecule has 2 heterocycles. The molecule has 0 amide bonds. The third kappa shape index (κ3) is 1.56. The third-order valence-electron chi connectivity index (χ3n) is 1.74. The van der Waals surface area contributed by atoms with Gasteiger partial charge in [0.2, 0.25) is 0 Å². The minimum absolute atomic E-state index is 0.758. The van der Waals surface area contributed by atoms with Gasteiger partial charge in [-0.25, -0.2) is 4.68 Å². The molecule has 0 saturated carbocycles. The maximum absolute atomic E-state index is 4.24. The molecule has 0 spiro atoms. The van der Waals surface area contributed by atoms with E-state index < -0.39 is 0 Å². The van der Waals surface area contributed by atoms with Crippen molar-refractivity contribution in [2.75, 3.05) is 0 Å². The standard InChI is InChI=1S/C9H10N4/c1-7-5-9(11-10-6-7)13-4-3-8(2)12-13/h3-6H,1-2H3. The van der Waals surface area contributed by atoms with E-state index in [9.17, 15) is 0 Å². The molecule has 2 rings (SSSR count). The second-order valence-electron chi connectivity index (χ2n) is 2.99. The van der Waals surface area contributed by atoms with E-state index in [4.69, 9.17) is 0 Å². The summed E-state index contributed by atoms with van der Waals surface area (Å²) in [7, 11) is 0. The predicted octanol–water partition coefficient (Wildman–Crippen LogP) is 1.28. The van der Waals surface area contributed by atoms with Crippen LogP contribution >= 0.6 is 0 Å². The fourth-order valence-corrected chi connectivity index (χ4v) is 1.10. The highest BCUT2D eigenvalue weighted by atomic mass is 15.3. The first-order chi connectivity index (χ1) is 6.25. The number of hydrogen-bond donors (Lipinski definition) is 0. The van der Waals surface area contributed by atoms with Crippen molar-refractivity contribution >= 4 is 0 Å². The highest BCUT2D eigenvalue weighted by Gasteiger charge is 1.99. The van der Waals surface area contributed by atoms with Gasteiger partial charge in [0.15, 0.2) is 5.82 Å². The van der Waals surface area contributed by atoms with Gasteiger partial charge in [0, 0.05) is 6.20 Å². The van der Waals surface area contributed by atoms with Crippen LogP contribution in [0.2, 0.25) is 0 Å². The lowest BCUT2D eigenvalue weighted by Gasteiger charge is -1.98. The van der Waals surface area contributed by atoms with Gasteiger partial charge < -0.3 is 0 Å². The van der Waals surface area contributed by atoms with Crippen molar-refractivity contribution < 1.29 is 0 Å². The fraction of sp³-hybridized carbons (Fsp3) is 0.222. The van der Waals surface area contributed by atoms with Crippen LogP contribution in [-0.4, -0.2) is 20.0 Å². The summed E-state index contributed by atoms with van der Waals surface area (Å²) in [4.78, 5) is 0. The van der Waals surface area contributed by atoms with Crippen LogP contribution in [-0.2, 0) is 0 Å². The van der Waals surface area contributed by atoms with Gasteiger partial charge in [0.1, 0.15) is 0 Å². The van der Waals surface area contributed by atoms with Crippen LogP contribution in [0.3, 0.4) is 0 Å². The van der Waals surface area contributed by atoms with E-state index >= 15 is 0 Å². The lowest BCUT2D eigenvalue weighted by Crippen LogP contribution is -2.00. The van der Waals surface area contributed by atoms with Crippen molar-refractivity contribution in [3.05, 3.63) is 35.8 Å². The Morgan fingerprint density at radius 3 is 2.77 bits per heavy atom. The normalized spacial score (nSPS) is 10.3. The molecular formula is C9H10N4. The molecule has 0 unspecified atom stereocenters. The molecule has 13 heavy (non-hydrogen) atoms. The molecule has 0 saturated heterocycles. The minimum Gasteiger partial charge on any atom is -0.221 e. The van der Waals surface area contributed by atoms with Gasteiger partial charge in [-0.2, -0.15) is 10.2 Å². The Morgan fingerprint density at radius 2 is 2.15 bits per heavy atom. The van der Waals surface area contributed by atoms with Crippen LogP contribution in [0.1, 0.15) is 11.3 Å². The molecule has 0 aromatic carbocycles. The van der Waals surface area contributed by atoms with Gasteiger partial charge in [-0.05, 0) is 31.5 Å². The molecule has 4 heteroatoms. The van der Waals surface area contributed by atoms with Crippen molar-refractivity contribution in [3.63, 3.8) is 0 Å². The van der Waals surface area contributed by atoms with E-state index in [1.165, 1.54) is 0 Å². The molecule has 0 bridgehead atoms. The van der Waals surface area contributed by atoms with E-state index in [0.29, 0.717) is 0 Å². The van der Waals surface area contributed by atoms with Gasteiger partial charge in [-0.1, -0.05) is 0 Å². The van der Waals surface area contributed by atoms with E-state index in [-0.39, 0.29) is 0 Å². The number of aryl methyl sites for hydroxylation is 2. The molecule has 0 fully saturated rings. The first-order valence-electron chi connectivity index (χ1n) is 4.08. The zero-order chi connectivity index (χ0) is 9.26. The number of rotatable bonds is 1. The quantitative estimate of drug-likeness (QED) is 0.654. The second kappa shape index (κ2) is 2.97. The second-order valence-corrected chi connectivity index (χ2v) is 2.99. The molecule has 2 aromatic rings. The lowest BCUT2D eigenvalue weighted by molar-refractivity contribution is 0.800. The largest absolute Gasteiger partial charge is 0.221 e. The average Bonchev–Trinajstić information content (AvgIpc) is 2.52. The molecule has 0 aliphatic carbocycles. The van der Waals surface area contributed by atoms with Crippen molar-refractivity contribution in [1.82, 2.24) is 20.0 Å². The maximum Gasteiger partial charge on any atom is 0.175 e. The number of aromatic nitrogens is 4. The summed E-state index contributed by atoms with van der Waals surface area (Å²) < 4.78 is 1.72. The molecule has 0 atom stereocenters. The summed E-state index contributed by atoms with van der Waals surface area (Å²) in [5.74, 6) is 0.758. The highest BCUT2D eigenvalue weighted by Crippen LogP contribution is 2.04. The van der Waals surface area contributed by atoms with E-state index in [1.54, 1.807) is 10.9 Å². The topological polar surface area (TPSA) is 43.6 Å². The van der Waals surface area contributed by atoms with Crippen molar-refractivity contribution in [2.24, 2.45) is 0 Å². The van der Waals surface area contributed by atoms with Crippen LogP contribution in [0, 0.1) is 13.8 Å². The SMILES string of the molecule is Cc1cnnc(-n2ccc(C)n2)c1. The van der Waals surface area contributed by atoms with E-state index in [2.05, 4.69) is 15.3 Å². The van der Waals surface area contributed by atoms with Crippen LogP contribution in [0.25, 0.3) is 5.82 Å². The van der Waals surface area contributed by atoms with E-state index in [0.717, 1.165) is 17.1 Å². The number of nitrogens with zero attached hydrogens (tertiary/aromatic N) is 4. The summed E-state index contributed by atoms with van der Waals surface area (Å²) >= 11 is 0. The number of hydrogen-bond acceptors (Lipinski definition) is 3. The molecule has 4 nitrogen and oxygen atoms in total. The van der Waals surface area contributed by atoms with Gasteiger partial charge in [0.25, 0.3) is 0 Å². The molecule has 2 aromatic heterocycles. The smallest absolute Gasteiger partial charge is 0.175 e. The summed E-state index contributed by atoms with van der Waals surface area (Å²) in [6, 6.07) is 3.88. The van der Waals surface area contributed by atoms with Crippen molar-refractivity contribution in [2.45, 2.75) is 13.8 Å². The summed E-state index contributed by atoms with van der Waals surface area (Å²) in [6.07, 6.45) is 3.60. The Labute approximate surface area is 76.2 Å². The minimum atomic E-state index is 0.758. The van der Waals surface area contributed by atoms with Crippen molar-refractivity contribution in [3.8, 4) is 5.82 Å². The summed E-state index contributed by atoms with van der Waals surface area (Å²) in [5, 5.41) is 12.1. The zero-order valence-corrected chi connectivity index (χ0v) is 7.60. The maximum atomic E-state index is 4.24. The molecular weight excluding hydrogens is 164 g/mol. The molecule has 66 valence electrons. The van der Waals surface area contributed by atoms with Crippen LogP contribution in [0.15, 0.2) is 24.5 Å². The molecule has 0 aliphatic rings. The van der Waals surface area contributed by atoms with Gasteiger partial charge >= 0.3 is 0 Å². The lowest BCUT2D eigenvalue weighted by atomic mass is 10.3. The monoisotopic (exact) mass is 174 g/mol. The van der Waals surface area contributed by atoms with E-state index in [1.807, 2.05) is 32.2 Å². The van der Waals surface area contributed by atoms with Crippen molar-refractivity contribution in [1.29, 1.82) is 0 Å². The van der Waals surface area contributed by atoms with Crippen LogP contribution in [0.4, 0.5) is 0 Å². The molecule has 0 N–H and O–H groups in total. The van der Waals surface area contributed by atoms with Gasteiger partial charge in [-0.15, -0.1) is 5.10 Å². The summed E-state index contributed by atoms with van der Waals surface area (Å²) in [6.45, 7) is 3.92. The Morgan fingerprint density at radius 1 is 1.31 bits per heavy atom. The highest BCUT2D eigenvalue weighted by molar-refractivity contribution is 5.23. The van der Waals surface area contributed by atoms with Gasteiger partial charge in [-0.3, -0.25) is 0 Å². The van der Waals surface area contributed by atoms with Crippen LogP contribution in [0.5, 0.6) is 0 Å². The van der Waals surface area contributed by atoms with Gasteiger partial charge in [0.05, 0.1) is 11.9 Å². The Bertz CT molecular complexity index is 419. The molecule has 0 radical (unpaired) electrons. The Balaban J connectivity index is 2.46. The zero-order valence-electron chi connectivity index (χ0n) is 7.60. The third-order valence-corrected chi connectivity index (χ3v) is 1.74. The van der Waals surface area contributed by atoms with Crippen LogP contribution < -0.4 is 0 Å².